The molecule has 0 fully saturated rings. The topological polar surface area (TPSA) is 68.5 Å². The Bertz CT molecular complexity index is 1170. The maximum atomic E-state index is 12.6. The first-order chi connectivity index (χ1) is 14.0. The fraction of sp³-hybridized carbons (Fsp3) is 0.0952. The van der Waals surface area contributed by atoms with Crippen molar-refractivity contribution in [3.8, 4) is 11.5 Å². The summed E-state index contributed by atoms with van der Waals surface area (Å²) in [4.78, 5) is 12.6. The van der Waals surface area contributed by atoms with E-state index in [0.717, 1.165) is 5.65 Å². The highest BCUT2D eigenvalue weighted by atomic mass is 35.5. The fourth-order valence-electron chi connectivity index (χ4n) is 2.86. The summed E-state index contributed by atoms with van der Waals surface area (Å²) in [6.45, 7) is 1.86. The van der Waals surface area contributed by atoms with Gasteiger partial charge in [-0.1, -0.05) is 35.3 Å². The molecule has 2 heterocycles. The van der Waals surface area contributed by atoms with Crippen LogP contribution in [0.1, 0.15) is 29.1 Å². The van der Waals surface area contributed by atoms with Crippen LogP contribution in [0.3, 0.4) is 0 Å². The highest BCUT2D eigenvalue weighted by Gasteiger charge is 2.17. The smallest absolute Gasteiger partial charge is 0.251 e. The summed E-state index contributed by atoms with van der Waals surface area (Å²) >= 11 is 12.1. The maximum absolute atomic E-state index is 12.6. The first-order valence-electron chi connectivity index (χ1n) is 8.85. The zero-order valence-electron chi connectivity index (χ0n) is 15.3. The Labute approximate surface area is 177 Å². The van der Waals surface area contributed by atoms with Gasteiger partial charge in [0.05, 0.1) is 11.1 Å². The number of fused-ring (bicyclic) bond motifs is 1. The molecule has 6 nitrogen and oxygen atoms in total. The van der Waals surface area contributed by atoms with Gasteiger partial charge in [0, 0.05) is 11.8 Å². The van der Waals surface area contributed by atoms with Gasteiger partial charge in [0.15, 0.2) is 11.5 Å². The summed E-state index contributed by atoms with van der Waals surface area (Å²) in [5.74, 6) is 1.42. The molecule has 2 aromatic heterocycles. The SMILES string of the molecule is CC(NC(=O)c1ccc(Oc2cccc(Cl)c2Cl)cc1)c1nnc2ccccn12. The minimum atomic E-state index is -0.318. The maximum Gasteiger partial charge on any atom is 0.251 e. The number of hydrogen-bond donors (Lipinski definition) is 1. The number of carbonyl (C=O) groups excluding carboxylic acids is 1. The van der Waals surface area contributed by atoms with Crippen molar-refractivity contribution in [3.63, 3.8) is 0 Å². The molecule has 0 saturated carbocycles. The number of carbonyl (C=O) groups is 1. The molecule has 8 heteroatoms. The molecule has 0 aliphatic rings. The lowest BCUT2D eigenvalue weighted by atomic mass is 10.2. The van der Waals surface area contributed by atoms with Gasteiger partial charge in [-0.05, 0) is 55.5 Å². The average molecular weight is 427 g/mol. The fourth-order valence-corrected chi connectivity index (χ4v) is 3.19. The Morgan fingerprint density at radius 3 is 2.62 bits per heavy atom. The van der Waals surface area contributed by atoms with Crippen molar-refractivity contribution in [1.29, 1.82) is 0 Å². The summed E-state index contributed by atoms with van der Waals surface area (Å²) in [5.41, 5.74) is 1.22. The third kappa shape index (κ3) is 4.04. The average Bonchev–Trinajstić information content (AvgIpc) is 3.16. The molecule has 1 unspecified atom stereocenters. The van der Waals surface area contributed by atoms with Crippen molar-refractivity contribution in [1.82, 2.24) is 19.9 Å². The first-order valence-corrected chi connectivity index (χ1v) is 9.61. The van der Waals surface area contributed by atoms with Crippen LogP contribution in [0.15, 0.2) is 66.9 Å². The van der Waals surface area contributed by atoms with E-state index in [9.17, 15) is 4.79 Å². The summed E-state index contributed by atoms with van der Waals surface area (Å²) < 4.78 is 7.59. The van der Waals surface area contributed by atoms with Gasteiger partial charge in [-0.15, -0.1) is 10.2 Å². The van der Waals surface area contributed by atoms with Crippen LogP contribution in [0.4, 0.5) is 0 Å². The first kappa shape index (κ1) is 19.2. The van der Waals surface area contributed by atoms with Crippen LogP contribution in [0.2, 0.25) is 10.0 Å². The monoisotopic (exact) mass is 426 g/mol. The second-order valence-corrected chi connectivity index (χ2v) is 7.15. The number of nitrogens with one attached hydrogen (secondary N) is 1. The standard InChI is InChI=1S/C21H16Cl2N4O2/c1-13(20-26-25-18-7-2-3-12-27(18)20)24-21(28)14-8-10-15(11-9-14)29-17-6-4-5-16(22)19(17)23/h2-13H,1H3,(H,24,28). The summed E-state index contributed by atoms with van der Waals surface area (Å²) in [6, 6.07) is 17.2. The minimum absolute atomic E-state index is 0.225. The van der Waals surface area contributed by atoms with Crippen molar-refractivity contribution in [2.24, 2.45) is 0 Å². The van der Waals surface area contributed by atoms with Crippen molar-refractivity contribution in [2.75, 3.05) is 0 Å². The predicted molar refractivity (Wildman–Crippen MR) is 112 cm³/mol. The van der Waals surface area contributed by atoms with Gasteiger partial charge in [0.1, 0.15) is 16.5 Å². The van der Waals surface area contributed by atoms with E-state index in [-0.39, 0.29) is 11.9 Å². The molecule has 146 valence electrons. The van der Waals surface area contributed by atoms with Gasteiger partial charge in [-0.2, -0.15) is 0 Å². The Kier molecular flexibility index (Phi) is 5.38. The quantitative estimate of drug-likeness (QED) is 0.468. The van der Waals surface area contributed by atoms with Gasteiger partial charge in [-0.3, -0.25) is 9.20 Å². The summed E-state index contributed by atoms with van der Waals surface area (Å²) in [6.07, 6.45) is 1.86. The number of benzene rings is 2. The van der Waals surface area contributed by atoms with E-state index in [0.29, 0.717) is 32.9 Å². The lowest BCUT2D eigenvalue weighted by molar-refractivity contribution is 0.0938. The third-order valence-electron chi connectivity index (χ3n) is 4.34. The minimum Gasteiger partial charge on any atom is -0.456 e. The largest absolute Gasteiger partial charge is 0.456 e. The molecule has 1 amide bonds. The Balaban J connectivity index is 1.46. The Morgan fingerprint density at radius 1 is 1.03 bits per heavy atom. The number of nitrogens with zero attached hydrogens (tertiary/aromatic N) is 3. The van der Waals surface area contributed by atoms with Crippen molar-refractivity contribution >= 4 is 34.8 Å². The molecule has 0 radical (unpaired) electrons. The molecular formula is C21H16Cl2N4O2. The lowest BCUT2D eigenvalue weighted by Crippen LogP contribution is -2.27. The van der Waals surface area contributed by atoms with E-state index in [4.69, 9.17) is 27.9 Å². The summed E-state index contributed by atoms with van der Waals surface area (Å²) in [5, 5.41) is 12.0. The van der Waals surface area contributed by atoms with Crippen molar-refractivity contribution < 1.29 is 9.53 Å². The molecule has 0 bridgehead atoms. The van der Waals surface area contributed by atoms with Crippen LogP contribution in [0.5, 0.6) is 11.5 Å². The summed E-state index contributed by atoms with van der Waals surface area (Å²) in [7, 11) is 0. The van der Waals surface area contributed by atoms with E-state index in [1.165, 1.54) is 0 Å². The normalized spacial score (nSPS) is 12.0. The van der Waals surface area contributed by atoms with Gasteiger partial charge < -0.3 is 10.1 Å². The number of ether oxygens (including phenoxy) is 1. The highest BCUT2D eigenvalue weighted by Crippen LogP contribution is 2.34. The van der Waals surface area contributed by atoms with E-state index in [1.54, 1.807) is 42.5 Å². The van der Waals surface area contributed by atoms with Crippen LogP contribution >= 0.6 is 23.2 Å². The number of pyridine rings is 1. The molecule has 4 aromatic rings. The second kappa shape index (κ2) is 8.11. The Hall–Kier alpha value is -3.09. The second-order valence-electron chi connectivity index (χ2n) is 6.36. The molecule has 1 N–H and O–H groups in total. The highest BCUT2D eigenvalue weighted by molar-refractivity contribution is 6.42. The van der Waals surface area contributed by atoms with Crippen LogP contribution in [-0.4, -0.2) is 20.5 Å². The lowest BCUT2D eigenvalue weighted by Gasteiger charge is -2.13. The van der Waals surface area contributed by atoms with Gasteiger partial charge in [-0.25, -0.2) is 0 Å². The van der Waals surface area contributed by atoms with Gasteiger partial charge in [0.2, 0.25) is 0 Å². The van der Waals surface area contributed by atoms with Crippen LogP contribution in [0, 0.1) is 0 Å². The Morgan fingerprint density at radius 2 is 1.83 bits per heavy atom. The molecule has 1 atom stereocenters. The molecule has 0 spiro atoms. The van der Waals surface area contributed by atoms with E-state index in [2.05, 4.69) is 15.5 Å². The molecule has 2 aromatic carbocycles. The third-order valence-corrected chi connectivity index (χ3v) is 5.14. The number of aromatic nitrogens is 3. The zero-order valence-corrected chi connectivity index (χ0v) is 16.9. The molecule has 29 heavy (non-hydrogen) atoms. The molecule has 0 aliphatic heterocycles. The van der Waals surface area contributed by atoms with Crippen LogP contribution < -0.4 is 10.1 Å². The number of halogens is 2. The van der Waals surface area contributed by atoms with Crippen LogP contribution in [-0.2, 0) is 0 Å². The number of rotatable bonds is 5. The number of hydrogen-bond acceptors (Lipinski definition) is 4. The van der Waals surface area contributed by atoms with Crippen molar-refractivity contribution in [3.05, 3.63) is 88.3 Å². The molecule has 0 saturated heterocycles. The van der Waals surface area contributed by atoms with Crippen LogP contribution in [0.25, 0.3) is 5.65 Å². The van der Waals surface area contributed by atoms with Gasteiger partial charge >= 0.3 is 0 Å². The van der Waals surface area contributed by atoms with E-state index < -0.39 is 0 Å². The van der Waals surface area contributed by atoms with E-state index >= 15 is 0 Å². The molecule has 4 rings (SSSR count). The predicted octanol–water partition coefficient (Wildman–Crippen LogP) is 5.32. The van der Waals surface area contributed by atoms with E-state index in [1.807, 2.05) is 35.7 Å². The van der Waals surface area contributed by atoms with Crippen molar-refractivity contribution in [2.45, 2.75) is 13.0 Å². The molecule has 0 aliphatic carbocycles. The number of amides is 1. The zero-order chi connectivity index (χ0) is 20.4. The van der Waals surface area contributed by atoms with Gasteiger partial charge in [0.25, 0.3) is 5.91 Å². The molecular weight excluding hydrogens is 411 g/mol.